The van der Waals surface area contributed by atoms with E-state index in [4.69, 9.17) is 14.2 Å². The number of para-hydroxylation sites is 1. The first-order chi connectivity index (χ1) is 19.7. The lowest BCUT2D eigenvalue weighted by molar-refractivity contribution is -0.334. The lowest BCUT2D eigenvalue weighted by atomic mass is 9.93. The van der Waals surface area contributed by atoms with Crippen molar-refractivity contribution in [2.24, 2.45) is 5.41 Å². The van der Waals surface area contributed by atoms with Gasteiger partial charge in [0.2, 0.25) is 0 Å². The first-order valence-electron chi connectivity index (χ1n) is 13.7. The maximum atomic E-state index is 14.0. The molecule has 0 saturated carbocycles. The summed E-state index contributed by atoms with van der Waals surface area (Å²) in [6.45, 7) is 9.30. The van der Waals surface area contributed by atoms with Gasteiger partial charge in [0.15, 0.2) is 11.9 Å². The molecule has 0 radical (unpaired) electrons. The number of benzene rings is 2. The van der Waals surface area contributed by atoms with Crippen LogP contribution in [-0.4, -0.2) is 66.0 Å². The quantitative estimate of drug-likeness (QED) is 0.447. The van der Waals surface area contributed by atoms with Gasteiger partial charge in [-0.2, -0.15) is 0 Å². The van der Waals surface area contributed by atoms with Gasteiger partial charge < -0.3 is 29.5 Å². The SMILES string of the molecule is COC(C(=O)NC1CSc2ccccc2N(Cc2cc(F)cc(F)c2)C1=O)[C@@H]1OC(C)(C)O[C@H](C=CC(C)(C)C)[C@@H]1O. The number of amides is 2. The van der Waals surface area contributed by atoms with E-state index in [2.05, 4.69) is 5.32 Å². The minimum Gasteiger partial charge on any atom is -0.387 e. The van der Waals surface area contributed by atoms with Crippen LogP contribution >= 0.6 is 11.8 Å². The number of ether oxygens (including phenoxy) is 3. The Labute approximate surface area is 249 Å². The van der Waals surface area contributed by atoms with Gasteiger partial charge in [0.25, 0.3) is 11.8 Å². The largest absolute Gasteiger partial charge is 0.387 e. The monoisotopic (exact) mass is 604 g/mol. The van der Waals surface area contributed by atoms with Crippen molar-refractivity contribution >= 4 is 29.3 Å². The summed E-state index contributed by atoms with van der Waals surface area (Å²) >= 11 is 1.37. The van der Waals surface area contributed by atoms with Gasteiger partial charge in [0.1, 0.15) is 36.0 Å². The van der Waals surface area contributed by atoms with E-state index in [0.717, 1.165) is 11.0 Å². The normalized spacial score (nSPS) is 25.2. The molecule has 2 aliphatic heterocycles. The average molecular weight is 605 g/mol. The minimum absolute atomic E-state index is 0.108. The number of methoxy groups -OCH3 is 1. The summed E-state index contributed by atoms with van der Waals surface area (Å²) in [5.74, 6) is -3.56. The molecule has 4 rings (SSSR count). The highest BCUT2D eigenvalue weighted by atomic mass is 32.2. The lowest BCUT2D eigenvalue weighted by Crippen LogP contribution is -2.62. The Morgan fingerprint density at radius 3 is 2.52 bits per heavy atom. The molecule has 2 amide bonds. The second-order valence-electron chi connectivity index (χ2n) is 12.0. The summed E-state index contributed by atoms with van der Waals surface area (Å²) in [6.07, 6.45) is -0.722. The van der Waals surface area contributed by atoms with Gasteiger partial charge in [-0.05, 0) is 49.1 Å². The number of nitrogens with one attached hydrogen (secondary N) is 1. The predicted octanol–water partition coefficient (Wildman–Crippen LogP) is 4.59. The summed E-state index contributed by atoms with van der Waals surface area (Å²) in [5.41, 5.74) is 0.658. The number of aliphatic hydroxyl groups is 1. The third kappa shape index (κ3) is 7.76. The molecule has 0 bridgehead atoms. The summed E-state index contributed by atoms with van der Waals surface area (Å²) < 4.78 is 45.4. The Morgan fingerprint density at radius 1 is 1.21 bits per heavy atom. The molecule has 0 spiro atoms. The van der Waals surface area contributed by atoms with Crippen LogP contribution in [0.15, 0.2) is 59.5 Å². The van der Waals surface area contributed by atoms with Gasteiger partial charge in [-0.15, -0.1) is 11.8 Å². The summed E-state index contributed by atoms with van der Waals surface area (Å²) in [7, 11) is 1.33. The molecule has 5 atom stereocenters. The number of aliphatic hydroxyl groups excluding tert-OH is 1. The van der Waals surface area contributed by atoms with Gasteiger partial charge in [-0.25, -0.2) is 8.78 Å². The third-order valence-corrected chi connectivity index (χ3v) is 7.97. The van der Waals surface area contributed by atoms with Crippen LogP contribution < -0.4 is 10.2 Å². The number of anilines is 1. The number of fused-ring (bicyclic) bond motifs is 1. The number of carbonyl (C=O) groups excluding carboxylic acids is 2. The number of allylic oxidation sites excluding steroid dienone is 1. The first kappa shape index (κ1) is 32.1. The van der Waals surface area contributed by atoms with Crippen molar-refractivity contribution in [3.8, 4) is 0 Å². The number of nitrogens with zero attached hydrogens (tertiary/aromatic N) is 1. The van der Waals surface area contributed by atoms with Crippen molar-refractivity contribution in [2.45, 2.75) is 82.3 Å². The second kappa shape index (κ2) is 12.8. The van der Waals surface area contributed by atoms with Gasteiger partial charge >= 0.3 is 0 Å². The smallest absolute Gasteiger partial charge is 0.252 e. The van der Waals surface area contributed by atoms with Crippen molar-refractivity contribution in [1.29, 1.82) is 0 Å². The molecule has 0 aliphatic carbocycles. The molecular weight excluding hydrogens is 566 g/mol. The summed E-state index contributed by atoms with van der Waals surface area (Å²) in [6, 6.07) is 9.28. The van der Waals surface area contributed by atoms with E-state index >= 15 is 0 Å². The molecule has 2 N–H and O–H groups in total. The highest BCUT2D eigenvalue weighted by Crippen LogP contribution is 2.36. The third-order valence-electron chi connectivity index (χ3n) is 6.81. The van der Waals surface area contributed by atoms with Crippen LogP contribution in [0.1, 0.15) is 40.2 Å². The van der Waals surface area contributed by atoms with Gasteiger partial charge in [0, 0.05) is 23.8 Å². The van der Waals surface area contributed by atoms with Crippen LogP contribution in [0, 0.1) is 17.0 Å². The molecular formula is C31H38F2N2O6S. The van der Waals surface area contributed by atoms with Crippen LogP contribution in [0.5, 0.6) is 0 Å². The number of carbonyl (C=O) groups is 2. The lowest BCUT2D eigenvalue weighted by Gasteiger charge is -2.45. The minimum atomic E-state index is -1.28. The number of rotatable bonds is 7. The summed E-state index contributed by atoms with van der Waals surface area (Å²) in [4.78, 5) is 29.7. The fourth-order valence-corrected chi connectivity index (χ4v) is 6.01. The fraction of sp³-hybridized carbons (Fsp3) is 0.484. The molecule has 11 heteroatoms. The first-order valence-corrected chi connectivity index (χ1v) is 14.7. The van der Waals surface area contributed by atoms with E-state index in [1.165, 1.54) is 35.9 Å². The number of thioether (sulfide) groups is 1. The topological polar surface area (TPSA) is 97.3 Å². The Kier molecular flexibility index (Phi) is 9.79. The predicted molar refractivity (Wildman–Crippen MR) is 156 cm³/mol. The molecule has 2 heterocycles. The van der Waals surface area contributed by atoms with Crippen molar-refractivity contribution in [1.82, 2.24) is 5.32 Å². The molecule has 2 aliphatic rings. The zero-order valence-electron chi connectivity index (χ0n) is 24.6. The summed E-state index contributed by atoms with van der Waals surface area (Å²) in [5, 5.41) is 14.0. The number of halogens is 2. The number of hydrogen-bond acceptors (Lipinski definition) is 7. The second-order valence-corrected chi connectivity index (χ2v) is 13.0. The van der Waals surface area contributed by atoms with Crippen molar-refractivity contribution in [3.63, 3.8) is 0 Å². The van der Waals surface area contributed by atoms with Gasteiger partial charge in [0.05, 0.1) is 12.2 Å². The Bertz CT molecular complexity index is 1310. The molecule has 2 unspecified atom stereocenters. The van der Waals surface area contributed by atoms with Gasteiger partial charge in [-0.1, -0.05) is 45.1 Å². The van der Waals surface area contributed by atoms with E-state index in [9.17, 15) is 23.5 Å². The van der Waals surface area contributed by atoms with Crippen LogP contribution in [0.2, 0.25) is 0 Å². The van der Waals surface area contributed by atoms with Crippen LogP contribution in [-0.2, 0) is 30.3 Å². The van der Waals surface area contributed by atoms with E-state index in [-0.39, 0.29) is 23.3 Å². The zero-order valence-corrected chi connectivity index (χ0v) is 25.4. The zero-order chi connectivity index (χ0) is 30.8. The van der Waals surface area contributed by atoms with Crippen LogP contribution in [0.3, 0.4) is 0 Å². The standard InChI is InChI=1S/C31H38F2N2O6S/c1-30(2,3)12-11-23-25(36)26(41-31(4,5)40-23)27(39-6)28(37)34-21-17-42-24-10-8-7-9-22(24)35(29(21)38)16-18-13-19(32)15-20(33)14-18/h7-15,21,23,25-27,36H,16-17H2,1-6H3,(H,34,37)/t21?,23-,25+,26-,27?/m1/s1. The van der Waals surface area contributed by atoms with E-state index in [1.54, 1.807) is 32.1 Å². The van der Waals surface area contributed by atoms with Crippen molar-refractivity contribution < 1.29 is 37.7 Å². The van der Waals surface area contributed by atoms with Crippen molar-refractivity contribution in [2.75, 3.05) is 17.8 Å². The maximum Gasteiger partial charge on any atom is 0.252 e. The Hall–Kier alpha value is -2.83. The highest BCUT2D eigenvalue weighted by molar-refractivity contribution is 7.99. The molecule has 2 aromatic rings. The molecule has 228 valence electrons. The Morgan fingerprint density at radius 2 is 1.88 bits per heavy atom. The number of hydrogen-bond donors (Lipinski definition) is 2. The van der Waals surface area contributed by atoms with E-state index in [0.29, 0.717) is 5.69 Å². The highest BCUT2D eigenvalue weighted by Gasteiger charge is 2.48. The fourth-order valence-electron chi connectivity index (χ4n) is 4.94. The molecule has 1 fully saturated rings. The molecule has 0 aromatic heterocycles. The van der Waals surface area contributed by atoms with Crippen LogP contribution in [0.4, 0.5) is 14.5 Å². The average Bonchev–Trinajstić information content (AvgIpc) is 3.01. The van der Waals surface area contributed by atoms with E-state index < -0.39 is 59.7 Å². The molecule has 2 aromatic carbocycles. The molecule has 42 heavy (non-hydrogen) atoms. The molecule has 8 nitrogen and oxygen atoms in total. The van der Waals surface area contributed by atoms with E-state index in [1.807, 2.05) is 39.0 Å². The maximum absolute atomic E-state index is 14.0. The molecule has 1 saturated heterocycles. The van der Waals surface area contributed by atoms with Gasteiger partial charge in [-0.3, -0.25) is 9.59 Å². The van der Waals surface area contributed by atoms with Crippen molar-refractivity contribution in [3.05, 3.63) is 71.8 Å². The van der Waals surface area contributed by atoms with Crippen LogP contribution in [0.25, 0.3) is 0 Å². The Balaban J connectivity index is 1.58.